The van der Waals surface area contributed by atoms with Gasteiger partial charge in [0.1, 0.15) is 5.75 Å². The number of anilines is 1. The average Bonchev–Trinajstić information content (AvgIpc) is 2.78. The van der Waals surface area contributed by atoms with E-state index in [0.717, 1.165) is 12.1 Å². The molecule has 0 heterocycles. The number of hydrazone groups is 1. The number of ether oxygens (including phenoxy) is 1. The zero-order valence-electron chi connectivity index (χ0n) is 17.2. The molecule has 0 aliphatic heterocycles. The average molecular weight is 473 g/mol. The fraction of sp³-hybridized carbons (Fsp3) is 0.0870. The van der Waals surface area contributed by atoms with Gasteiger partial charge in [-0.05, 0) is 54.2 Å². The lowest BCUT2D eigenvalue weighted by atomic mass is 9.99. The van der Waals surface area contributed by atoms with E-state index in [1.165, 1.54) is 31.5 Å². The van der Waals surface area contributed by atoms with Gasteiger partial charge in [0, 0.05) is 16.8 Å². The number of thiocarbonyl (C=S) groups is 1. The van der Waals surface area contributed by atoms with Crippen molar-refractivity contribution in [2.45, 2.75) is 6.18 Å². The summed E-state index contributed by atoms with van der Waals surface area (Å²) in [4.78, 5) is 11.1. The van der Waals surface area contributed by atoms with Crippen molar-refractivity contribution < 1.29 is 27.8 Å². The molecule has 3 N–H and O–H groups in total. The first-order valence-corrected chi connectivity index (χ1v) is 9.88. The zero-order chi connectivity index (χ0) is 24.0. The molecule has 0 aromatic heterocycles. The summed E-state index contributed by atoms with van der Waals surface area (Å²) >= 11 is 5.15. The maximum absolute atomic E-state index is 13.1. The molecule has 0 saturated heterocycles. The Morgan fingerprint density at radius 1 is 1.09 bits per heavy atom. The summed E-state index contributed by atoms with van der Waals surface area (Å²) in [5.74, 6) is -0.723. The third kappa shape index (κ3) is 6.07. The molecule has 170 valence electrons. The number of methoxy groups -OCH3 is 1. The SMILES string of the molecule is COc1c(/C=N/NC(=S)Nc2cccc(C(=O)O)c2)cccc1-c1cccc(C(F)(F)F)c1. The van der Waals surface area contributed by atoms with Gasteiger partial charge in [0.15, 0.2) is 5.11 Å². The molecule has 6 nitrogen and oxygen atoms in total. The Balaban J connectivity index is 1.77. The van der Waals surface area contributed by atoms with E-state index >= 15 is 0 Å². The Bertz CT molecular complexity index is 1210. The number of carbonyl (C=O) groups is 1. The van der Waals surface area contributed by atoms with Crippen molar-refractivity contribution in [1.29, 1.82) is 0 Å². The monoisotopic (exact) mass is 473 g/mol. The number of aromatic carboxylic acids is 1. The Labute approximate surface area is 192 Å². The van der Waals surface area contributed by atoms with Gasteiger partial charge in [0.05, 0.1) is 24.5 Å². The van der Waals surface area contributed by atoms with Crippen molar-refractivity contribution in [2.24, 2.45) is 5.10 Å². The smallest absolute Gasteiger partial charge is 0.416 e. The highest BCUT2D eigenvalue weighted by molar-refractivity contribution is 7.80. The van der Waals surface area contributed by atoms with Crippen LogP contribution in [0.3, 0.4) is 0 Å². The molecule has 0 bridgehead atoms. The molecule has 33 heavy (non-hydrogen) atoms. The van der Waals surface area contributed by atoms with E-state index in [-0.39, 0.29) is 10.7 Å². The summed E-state index contributed by atoms with van der Waals surface area (Å²) in [6.45, 7) is 0. The van der Waals surface area contributed by atoms with Gasteiger partial charge in [-0.2, -0.15) is 18.3 Å². The van der Waals surface area contributed by atoms with Gasteiger partial charge in [-0.3, -0.25) is 5.43 Å². The fourth-order valence-electron chi connectivity index (χ4n) is 3.02. The molecular formula is C23H18F3N3O3S. The van der Waals surface area contributed by atoms with Crippen LogP contribution in [0.5, 0.6) is 5.75 Å². The predicted octanol–water partition coefficient (Wildman–Crippen LogP) is 5.40. The third-order valence-corrected chi connectivity index (χ3v) is 4.68. The molecule has 0 spiro atoms. The number of carboxylic acid groups (broad SMARTS) is 1. The summed E-state index contributed by atoms with van der Waals surface area (Å²) in [6, 6.07) is 16.1. The van der Waals surface area contributed by atoms with E-state index < -0.39 is 17.7 Å². The highest BCUT2D eigenvalue weighted by Gasteiger charge is 2.30. The van der Waals surface area contributed by atoms with Gasteiger partial charge < -0.3 is 15.2 Å². The number of halogens is 3. The Morgan fingerprint density at radius 3 is 2.52 bits per heavy atom. The molecule has 0 amide bonds. The summed E-state index contributed by atoms with van der Waals surface area (Å²) in [5, 5.41) is 16.0. The number of para-hydroxylation sites is 1. The van der Waals surface area contributed by atoms with Gasteiger partial charge in [0.25, 0.3) is 0 Å². The second-order valence-corrected chi connectivity index (χ2v) is 7.12. The van der Waals surface area contributed by atoms with Gasteiger partial charge in [-0.15, -0.1) is 0 Å². The van der Waals surface area contributed by atoms with Crippen LogP contribution in [0.15, 0.2) is 71.8 Å². The van der Waals surface area contributed by atoms with Crippen LogP contribution in [0.2, 0.25) is 0 Å². The largest absolute Gasteiger partial charge is 0.495 e. The van der Waals surface area contributed by atoms with Gasteiger partial charge in [-0.25, -0.2) is 4.79 Å². The van der Waals surface area contributed by atoms with E-state index in [2.05, 4.69) is 15.8 Å². The number of rotatable bonds is 6. The van der Waals surface area contributed by atoms with E-state index in [0.29, 0.717) is 28.1 Å². The van der Waals surface area contributed by atoms with E-state index in [9.17, 15) is 18.0 Å². The maximum Gasteiger partial charge on any atom is 0.416 e. The van der Waals surface area contributed by atoms with Crippen molar-refractivity contribution in [3.05, 3.63) is 83.4 Å². The van der Waals surface area contributed by atoms with Gasteiger partial charge in [0.2, 0.25) is 0 Å². The summed E-state index contributed by atoms with van der Waals surface area (Å²) in [6.07, 6.45) is -3.05. The molecule has 3 aromatic carbocycles. The molecule has 3 rings (SSSR count). The Hall–Kier alpha value is -3.92. The summed E-state index contributed by atoms with van der Waals surface area (Å²) in [5.41, 5.74) is 3.74. The molecule has 3 aromatic rings. The fourth-order valence-corrected chi connectivity index (χ4v) is 3.19. The molecule has 0 atom stereocenters. The molecule has 0 fully saturated rings. The van der Waals surface area contributed by atoms with Crippen molar-refractivity contribution >= 4 is 35.2 Å². The highest BCUT2D eigenvalue weighted by Crippen LogP contribution is 2.36. The number of alkyl halides is 3. The molecular weight excluding hydrogens is 455 g/mol. The lowest BCUT2D eigenvalue weighted by Crippen LogP contribution is -2.24. The first-order chi connectivity index (χ1) is 15.7. The minimum absolute atomic E-state index is 0.0995. The van der Waals surface area contributed by atoms with Crippen molar-refractivity contribution in [1.82, 2.24) is 5.43 Å². The third-order valence-electron chi connectivity index (χ3n) is 4.49. The topological polar surface area (TPSA) is 83.0 Å². The molecule has 10 heteroatoms. The standard InChI is InChI=1S/C23H18F3N3O3S/c1-32-20-16(7-4-10-19(20)14-5-2-8-17(11-14)23(24,25)26)13-27-29-22(33)28-18-9-3-6-15(12-18)21(30)31/h2-13H,1H3,(H,30,31)(H2,28,29,33)/b27-13+. The lowest BCUT2D eigenvalue weighted by molar-refractivity contribution is -0.137. The van der Waals surface area contributed by atoms with Gasteiger partial charge in [-0.1, -0.05) is 30.3 Å². The van der Waals surface area contributed by atoms with Crippen molar-refractivity contribution in [3.8, 4) is 16.9 Å². The van der Waals surface area contributed by atoms with E-state index in [1.54, 1.807) is 36.4 Å². The minimum Gasteiger partial charge on any atom is -0.495 e. The summed E-state index contributed by atoms with van der Waals surface area (Å²) in [7, 11) is 1.42. The molecule has 0 radical (unpaired) electrons. The Kier molecular flexibility index (Phi) is 7.29. The summed E-state index contributed by atoms with van der Waals surface area (Å²) < 4.78 is 44.7. The van der Waals surface area contributed by atoms with Crippen LogP contribution < -0.4 is 15.5 Å². The van der Waals surface area contributed by atoms with Gasteiger partial charge >= 0.3 is 12.1 Å². The van der Waals surface area contributed by atoms with Crippen molar-refractivity contribution in [2.75, 3.05) is 12.4 Å². The first-order valence-electron chi connectivity index (χ1n) is 9.47. The first kappa shape index (κ1) is 23.7. The Morgan fingerprint density at radius 2 is 1.82 bits per heavy atom. The quantitative estimate of drug-likeness (QED) is 0.253. The molecule has 0 saturated carbocycles. The number of hydrogen-bond acceptors (Lipinski definition) is 4. The van der Waals surface area contributed by atoms with Crippen LogP contribution in [0.25, 0.3) is 11.1 Å². The predicted molar refractivity (Wildman–Crippen MR) is 124 cm³/mol. The second kappa shape index (κ2) is 10.1. The number of nitrogens with one attached hydrogen (secondary N) is 2. The minimum atomic E-state index is -4.46. The van der Waals surface area contributed by atoms with Crippen LogP contribution in [0.4, 0.5) is 18.9 Å². The maximum atomic E-state index is 13.1. The number of carboxylic acids is 1. The van der Waals surface area contributed by atoms with Crippen LogP contribution in [-0.2, 0) is 6.18 Å². The van der Waals surface area contributed by atoms with E-state index in [4.69, 9.17) is 22.1 Å². The van der Waals surface area contributed by atoms with Crippen LogP contribution in [-0.4, -0.2) is 29.5 Å². The van der Waals surface area contributed by atoms with Crippen molar-refractivity contribution in [3.63, 3.8) is 0 Å². The number of benzene rings is 3. The van der Waals surface area contributed by atoms with Crippen LogP contribution in [0, 0.1) is 0 Å². The molecule has 0 aliphatic carbocycles. The molecule has 0 unspecified atom stereocenters. The normalized spacial score (nSPS) is 11.3. The van der Waals surface area contributed by atoms with E-state index in [1.807, 2.05) is 0 Å². The van der Waals surface area contributed by atoms with Crippen LogP contribution in [0.1, 0.15) is 21.5 Å². The second-order valence-electron chi connectivity index (χ2n) is 6.72. The van der Waals surface area contributed by atoms with Crippen LogP contribution >= 0.6 is 12.2 Å². The number of hydrogen-bond donors (Lipinski definition) is 3. The molecule has 0 aliphatic rings. The zero-order valence-corrected chi connectivity index (χ0v) is 18.0. The number of nitrogens with zero attached hydrogens (tertiary/aromatic N) is 1. The highest BCUT2D eigenvalue weighted by atomic mass is 32.1. The lowest BCUT2D eigenvalue weighted by Gasteiger charge is -2.13.